The molecule has 0 aliphatic heterocycles. The van der Waals surface area contributed by atoms with E-state index < -0.39 is 0 Å². The number of anilines is 6. The zero-order valence-corrected chi connectivity index (χ0v) is 51.9. The molecule has 0 aliphatic carbocycles. The number of rotatable bonds is 10. The van der Waals surface area contributed by atoms with Crippen molar-refractivity contribution in [3.05, 3.63) is 340 Å². The molecule has 8 heteroatoms. The summed E-state index contributed by atoms with van der Waals surface area (Å²) in [5, 5.41) is 14.1. The summed E-state index contributed by atoms with van der Waals surface area (Å²) in [7, 11) is 0. The van der Waals surface area contributed by atoms with Crippen molar-refractivity contribution in [1.29, 1.82) is 0 Å². The third kappa shape index (κ3) is 8.15. The lowest BCUT2D eigenvalue weighted by Crippen LogP contribution is -2.11. The van der Waals surface area contributed by atoms with Crippen molar-refractivity contribution in [2.75, 3.05) is 9.80 Å². The molecule has 5 aromatic heterocycles. The normalized spacial score (nSPS) is 12.0. The summed E-state index contributed by atoms with van der Waals surface area (Å²) in [5.74, 6) is 0. The average molecular weight is 1230 g/mol. The van der Waals surface area contributed by atoms with Gasteiger partial charge in [-0.2, -0.15) is 0 Å². The lowest BCUT2D eigenvalue weighted by molar-refractivity contribution is 1.17. The van der Waals surface area contributed by atoms with Gasteiger partial charge in [0.1, 0.15) is 0 Å². The molecule has 15 aromatic carbocycles. The molecule has 448 valence electrons. The Hall–Kier alpha value is -13.0. The molecular formula is C88H56N8. The highest BCUT2D eigenvalue weighted by atomic mass is 15.2. The van der Waals surface area contributed by atoms with Crippen LogP contribution in [0.3, 0.4) is 0 Å². The van der Waals surface area contributed by atoms with E-state index in [0.29, 0.717) is 0 Å². The summed E-state index contributed by atoms with van der Waals surface area (Å²) >= 11 is 0. The second-order valence-electron chi connectivity index (χ2n) is 24.9. The molecule has 0 radical (unpaired) electrons. The number of benzene rings is 15. The fourth-order valence-electron chi connectivity index (χ4n) is 15.6. The third-order valence-electron chi connectivity index (χ3n) is 19.8. The number of hydrogen-bond donors (Lipinski definition) is 0. The zero-order chi connectivity index (χ0) is 63.0. The Morgan fingerprint density at radius 3 is 0.594 bits per heavy atom. The lowest BCUT2D eigenvalue weighted by atomic mass is 9.97. The van der Waals surface area contributed by atoms with E-state index in [0.717, 1.165) is 89.5 Å². The van der Waals surface area contributed by atoms with E-state index in [1.165, 1.54) is 87.2 Å². The smallest absolute Gasteiger partial charge is 0.0972 e. The van der Waals surface area contributed by atoms with E-state index in [1.807, 2.05) is 12.4 Å². The molecule has 0 amide bonds. The van der Waals surface area contributed by atoms with Crippen LogP contribution in [0.15, 0.2) is 340 Å². The molecule has 96 heavy (non-hydrogen) atoms. The summed E-state index contributed by atoms with van der Waals surface area (Å²) in [6.07, 6.45) is 3.65. The quantitative estimate of drug-likeness (QED) is 0.128. The van der Waals surface area contributed by atoms with E-state index in [-0.39, 0.29) is 0 Å². The number of fused-ring (bicyclic) bond motifs is 18. The molecule has 8 nitrogen and oxygen atoms in total. The maximum atomic E-state index is 5.23. The van der Waals surface area contributed by atoms with Crippen molar-refractivity contribution in [3.63, 3.8) is 0 Å². The monoisotopic (exact) mass is 1220 g/mol. The summed E-state index contributed by atoms with van der Waals surface area (Å²) in [6, 6.07) is 119. The number of para-hydroxylation sites is 8. The largest absolute Gasteiger partial charge is 0.310 e. The topological polar surface area (TPSA) is 52.0 Å². The van der Waals surface area contributed by atoms with Crippen molar-refractivity contribution in [1.82, 2.24) is 28.2 Å². The van der Waals surface area contributed by atoms with E-state index in [4.69, 9.17) is 9.97 Å². The minimum Gasteiger partial charge on any atom is -0.310 e. The number of nitrogens with zero attached hydrogens (tertiary/aromatic N) is 8. The van der Waals surface area contributed by atoms with Gasteiger partial charge in [-0.3, -0.25) is 9.97 Å². The van der Waals surface area contributed by atoms with Gasteiger partial charge in [-0.15, -0.1) is 0 Å². The highest BCUT2D eigenvalue weighted by molar-refractivity contribution is 6.24. The van der Waals surface area contributed by atoms with Gasteiger partial charge >= 0.3 is 0 Å². The molecule has 0 saturated carbocycles. The molecule has 0 unspecified atom stereocenters. The highest BCUT2D eigenvalue weighted by Gasteiger charge is 2.23. The molecule has 0 saturated heterocycles. The van der Waals surface area contributed by atoms with Gasteiger partial charge in [-0.05, 0) is 181 Å². The highest BCUT2D eigenvalue weighted by Crippen LogP contribution is 2.46. The molecule has 0 N–H and O–H groups in total. The SMILES string of the molecule is c1ccc2c(c1)c1ccccc1n2-c1ccc(N(c2ccc(-n3c4ccccc4c4ccccc43)cc2)c2ccc3c4ccc(N(c5ccc(-n6c7ccccc7c7ccccc76)cc5)c5ccc(-n6c7ccccc7c7ccccc76)cc5)cc4c4nccnc4c3c2)cc1. The van der Waals surface area contributed by atoms with Crippen LogP contribution in [-0.2, 0) is 0 Å². The minimum atomic E-state index is 0.833. The number of hydrogen-bond acceptors (Lipinski definition) is 4. The van der Waals surface area contributed by atoms with Crippen LogP contribution in [0.5, 0.6) is 0 Å². The third-order valence-corrected chi connectivity index (χ3v) is 19.8. The Labute approximate surface area is 551 Å². The molecule has 0 fully saturated rings. The van der Waals surface area contributed by atoms with Crippen molar-refractivity contribution in [3.8, 4) is 22.7 Å². The van der Waals surface area contributed by atoms with Gasteiger partial charge in [-0.25, -0.2) is 0 Å². The Kier molecular flexibility index (Phi) is 11.9. The van der Waals surface area contributed by atoms with Crippen LogP contribution in [0, 0.1) is 0 Å². The summed E-state index contributed by atoms with van der Waals surface area (Å²) < 4.78 is 9.51. The van der Waals surface area contributed by atoms with Gasteiger partial charge in [0, 0.05) is 123 Å². The van der Waals surface area contributed by atoms with E-state index in [2.05, 4.69) is 356 Å². The average Bonchev–Trinajstić information content (AvgIpc) is 1.68. The maximum absolute atomic E-state index is 5.23. The van der Waals surface area contributed by atoms with Crippen molar-refractivity contribution in [2.24, 2.45) is 0 Å². The van der Waals surface area contributed by atoms with Crippen LogP contribution >= 0.6 is 0 Å². The van der Waals surface area contributed by atoms with Crippen molar-refractivity contribution >= 4 is 154 Å². The van der Waals surface area contributed by atoms with Gasteiger partial charge in [0.15, 0.2) is 0 Å². The standard InChI is InChI=1S/C88H56N8/c1-9-25-79-69(17-1)70-18-2-10-26-80(70)93(79)61-41-33-57(34-42-61)91(58-35-43-62(44-36-58)94-81-27-11-3-19-71(81)72-20-4-12-28-82(72)94)65-49-51-67-68-52-50-66(56-78(68)88-87(77(67)55-65)89-53-54-90-88)92(59-37-45-63(46-38-59)95-83-29-13-5-21-73(83)74-22-6-14-30-84(74)95)60-39-47-64(48-40-60)96-85-31-15-7-23-75(85)76-24-8-16-32-86(76)96/h1-56H. The van der Waals surface area contributed by atoms with Gasteiger partial charge in [-0.1, -0.05) is 158 Å². The van der Waals surface area contributed by atoms with E-state index >= 15 is 0 Å². The van der Waals surface area contributed by atoms with Gasteiger partial charge in [0.05, 0.1) is 55.2 Å². The van der Waals surface area contributed by atoms with Crippen LogP contribution in [-0.4, -0.2) is 28.2 Å². The molecule has 0 atom stereocenters. The fraction of sp³-hybridized carbons (Fsp3) is 0. The first-order valence-corrected chi connectivity index (χ1v) is 32.7. The molecule has 5 heterocycles. The minimum absolute atomic E-state index is 0.833. The first-order chi connectivity index (χ1) is 47.6. The molecule has 0 bridgehead atoms. The first-order valence-electron chi connectivity index (χ1n) is 32.7. The van der Waals surface area contributed by atoms with Gasteiger partial charge in [0.25, 0.3) is 0 Å². The van der Waals surface area contributed by atoms with Crippen molar-refractivity contribution < 1.29 is 0 Å². The Morgan fingerprint density at radius 1 is 0.177 bits per heavy atom. The molecule has 20 rings (SSSR count). The second kappa shape index (κ2) is 21.3. The van der Waals surface area contributed by atoms with E-state index in [9.17, 15) is 0 Å². The Morgan fingerprint density at radius 2 is 0.375 bits per heavy atom. The molecule has 0 spiro atoms. The van der Waals surface area contributed by atoms with Crippen LogP contribution in [0.1, 0.15) is 0 Å². The Balaban J connectivity index is 0.737. The zero-order valence-electron chi connectivity index (χ0n) is 51.9. The maximum Gasteiger partial charge on any atom is 0.0972 e. The fourth-order valence-corrected chi connectivity index (χ4v) is 15.6. The summed E-state index contributed by atoms with van der Waals surface area (Å²) in [5.41, 5.74) is 21.5. The second-order valence-corrected chi connectivity index (χ2v) is 24.9. The van der Waals surface area contributed by atoms with Crippen molar-refractivity contribution in [2.45, 2.75) is 0 Å². The van der Waals surface area contributed by atoms with E-state index in [1.54, 1.807) is 0 Å². The van der Waals surface area contributed by atoms with Crippen LogP contribution in [0.25, 0.3) is 143 Å². The Bertz CT molecular complexity index is 5570. The predicted octanol–water partition coefficient (Wildman–Crippen LogP) is 23.3. The van der Waals surface area contributed by atoms with Crippen LogP contribution in [0.2, 0.25) is 0 Å². The first kappa shape index (κ1) is 53.6. The molecule has 20 aromatic rings. The predicted molar refractivity (Wildman–Crippen MR) is 401 cm³/mol. The lowest BCUT2D eigenvalue weighted by Gasteiger charge is -2.27. The van der Waals surface area contributed by atoms with Gasteiger partial charge in [0.2, 0.25) is 0 Å². The van der Waals surface area contributed by atoms with Crippen LogP contribution in [0.4, 0.5) is 34.1 Å². The molecule has 0 aliphatic rings. The summed E-state index contributed by atoms with van der Waals surface area (Å²) in [4.78, 5) is 15.2. The van der Waals surface area contributed by atoms with Crippen LogP contribution < -0.4 is 9.80 Å². The summed E-state index contributed by atoms with van der Waals surface area (Å²) in [6.45, 7) is 0. The molecular weight excluding hydrogens is 1170 g/mol. The van der Waals surface area contributed by atoms with Gasteiger partial charge < -0.3 is 28.1 Å². The number of aromatic nitrogens is 6.